The summed E-state index contributed by atoms with van der Waals surface area (Å²) in [5.74, 6) is 0.899. The molecule has 0 radical (unpaired) electrons. The summed E-state index contributed by atoms with van der Waals surface area (Å²) in [6.07, 6.45) is -1.55. The van der Waals surface area contributed by atoms with Crippen molar-refractivity contribution >= 4 is 34.7 Å². The van der Waals surface area contributed by atoms with Gasteiger partial charge in [0.15, 0.2) is 0 Å². The quantitative estimate of drug-likeness (QED) is 0.798. The van der Waals surface area contributed by atoms with E-state index in [1.807, 2.05) is 18.2 Å². The van der Waals surface area contributed by atoms with Crippen LogP contribution >= 0.6 is 24.0 Å². The number of halogens is 3. The van der Waals surface area contributed by atoms with Gasteiger partial charge in [0.05, 0.1) is 5.56 Å². The van der Waals surface area contributed by atoms with Crippen molar-refractivity contribution in [1.82, 2.24) is 0 Å². The highest BCUT2D eigenvalue weighted by Gasteiger charge is 2.34. The standard InChI is InChI=1S/C14H19F3N2S2/c1-4-9(8-21-3)19(2)10-5-6-12(14(15,16)17)11(7-10)13(18)20/h5-7,9H,4,8H2,1-3H3,(H2,18,20). The van der Waals surface area contributed by atoms with Crippen molar-refractivity contribution in [2.24, 2.45) is 5.73 Å². The van der Waals surface area contributed by atoms with Gasteiger partial charge in [-0.1, -0.05) is 19.1 Å². The van der Waals surface area contributed by atoms with Crippen LogP contribution < -0.4 is 10.6 Å². The van der Waals surface area contributed by atoms with Gasteiger partial charge in [-0.25, -0.2) is 0 Å². The zero-order chi connectivity index (χ0) is 16.2. The number of hydrogen-bond acceptors (Lipinski definition) is 3. The predicted molar refractivity (Wildman–Crippen MR) is 88.2 cm³/mol. The van der Waals surface area contributed by atoms with E-state index in [2.05, 4.69) is 6.92 Å². The Morgan fingerprint density at radius 2 is 2.05 bits per heavy atom. The van der Waals surface area contributed by atoms with Crippen LogP contribution in [-0.4, -0.2) is 30.1 Å². The largest absolute Gasteiger partial charge is 0.417 e. The molecule has 1 unspecified atom stereocenters. The van der Waals surface area contributed by atoms with E-state index in [9.17, 15) is 13.2 Å². The molecule has 118 valence electrons. The first kappa shape index (κ1) is 18.1. The molecule has 0 fully saturated rings. The van der Waals surface area contributed by atoms with Crippen molar-refractivity contribution < 1.29 is 13.2 Å². The third-order valence-electron chi connectivity index (χ3n) is 3.36. The molecule has 2 N–H and O–H groups in total. The number of thiocarbonyl (C=S) groups is 1. The van der Waals surface area contributed by atoms with Crippen LogP contribution in [-0.2, 0) is 6.18 Å². The Kier molecular flexibility index (Phi) is 6.34. The Bertz CT molecular complexity index is 503. The molecule has 0 aliphatic carbocycles. The zero-order valence-electron chi connectivity index (χ0n) is 12.2. The number of rotatable bonds is 6. The third-order valence-corrected chi connectivity index (χ3v) is 4.30. The fraction of sp³-hybridized carbons (Fsp3) is 0.500. The summed E-state index contributed by atoms with van der Waals surface area (Å²) in [6, 6.07) is 4.18. The van der Waals surface area contributed by atoms with Gasteiger partial charge in [-0.3, -0.25) is 0 Å². The molecule has 7 heteroatoms. The number of nitrogens with zero attached hydrogens (tertiary/aromatic N) is 1. The van der Waals surface area contributed by atoms with Gasteiger partial charge in [-0.05, 0) is 30.9 Å². The molecule has 0 bridgehead atoms. The SMILES string of the molecule is CCC(CSC)N(C)c1ccc(C(F)(F)F)c(C(N)=S)c1. The number of alkyl halides is 3. The average Bonchev–Trinajstić information content (AvgIpc) is 2.42. The highest BCUT2D eigenvalue weighted by molar-refractivity contribution is 7.98. The number of anilines is 1. The first-order chi connectivity index (χ1) is 9.72. The Hall–Kier alpha value is -0.950. The molecule has 0 saturated heterocycles. The summed E-state index contributed by atoms with van der Waals surface area (Å²) in [4.78, 5) is 1.73. The van der Waals surface area contributed by atoms with Gasteiger partial charge in [0.2, 0.25) is 0 Å². The normalized spacial score (nSPS) is 13.0. The molecule has 1 atom stereocenters. The van der Waals surface area contributed by atoms with Crippen molar-refractivity contribution in [3.8, 4) is 0 Å². The summed E-state index contributed by atoms with van der Waals surface area (Å²) in [6.45, 7) is 2.05. The molecule has 0 aliphatic rings. The van der Waals surface area contributed by atoms with Gasteiger partial charge >= 0.3 is 6.18 Å². The van der Waals surface area contributed by atoms with Crippen molar-refractivity contribution in [2.75, 3.05) is 24.0 Å². The van der Waals surface area contributed by atoms with Gasteiger partial charge in [0.25, 0.3) is 0 Å². The number of benzene rings is 1. The maximum atomic E-state index is 13.0. The van der Waals surface area contributed by atoms with Crippen molar-refractivity contribution in [2.45, 2.75) is 25.6 Å². The molecule has 2 nitrogen and oxygen atoms in total. The fourth-order valence-corrected chi connectivity index (χ4v) is 3.12. The lowest BCUT2D eigenvalue weighted by molar-refractivity contribution is -0.137. The topological polar surface area (TPSA) is 29.3 Å². The smallest absolute Gasteiger partial charge is 0.389 e. The molecule has 0 heterocycles. The molecule has 0 aliphatic heterocycles. The lowest BCUT2D eigenvalue weighted by Gasteiger charge is -2.29. The monoisotopic (exact) mass is 336 g/mol. The van der Waals surface area contributed by atoms with Crippen LogP contribution in [0.1, 0.15) is 24.5 Å². The average molecular weight is 336 g/mol. The van der Waals surface area contributed by atoms with E-state index in [-0.39, 0.29) is 16.6 Å². The van der Waals surface area contributed by atoms with Gasteiger partial charge in [-0.15, -0.1) is 0 Å². The van der Waals surface area contributed by atoms with Gasteiger partial charge < -0.3 is 10.6 Å². The van der Waals surface area contributed by atoms with Crippen LogP contribution in [0.4, 0.5) is 18.9 Å². The summed E-state index contributed by atoms with van der Waals surface area (Å²) in [7, 11) is 1.87. The molecular weight excluding hydrogens is 317 g/mol. The van der Waals surface area contributed by atoms with Gasteiger partial charge in [0.1, 0.15) is 4.99 Å². The Morgan fingerprint density at radius 1 is 1.43 bits per heavy atom. The first-order valence-electron chi connectivity index (χ1n) is 6.45. The molecule has 1 rings (SSSR count). The van der Waals surface area contributed by atoms with Crippen LogP contribution in [0.5, 0.6) is 0 Å². The zero-order valence-corrected chi connectivity index (χ0v) is 13.8. The molecule has 0 saturated carbocycles. The van der Waals surface area contributed by atoms with Crippen LogP contribution in [0, 0.1) is 0 Å². The second-order valence-corrected chi connectivity index (χ2v) is 6.07. The van der Waals surface area contributed by atoms with E-state index >= 15 is 0 Å². The summed E-state index contributed by atoms with van der Waals surface area (Å²) < 4.78 is 38.9. The minimum Gasteiger partial charge on any atom is -0.389 e. The van der Waals surface area contributed by atoms with Crippen LogP contribution in [0.25, 0.3) is 0 Å². The second-order valence-electron chi connectivity index (χ2n) is 4.72. The summed E-state index contributed by atoms with van der Waals surface area (Å²) in [5.41, 5.74) is 5.23. The van der Waals surface area contributed by atoms with E-state index in [0.29, 0.717) is 5.69 Å². The van der Waals surface area contributed by atoms with E-state index in [1.165, 1.54) is 12.1 Å². The van der Waals surface area contributed by atoms with Crippen molar-refractivity contribution in [3.05, 3.63) is 29.3 Å². The highest BCUT2D eigenvalue weighted by atomic mass is 32.2. The van der Waals surface area contributed by atoms with Gasteiger partial charge in [-0.2, -0.15) is 24.9 Å². The van der Waals surface area contributed by atoms with E-state index in [4.69, 9.17) is 18.0 Å². The Balaban J connectivity index is 3.22. The minimum absolute atomic E-state index is 0.124. The van der Waals surface area contributed by atoms with Crippen molar-refractivity contribution in [1.29, 1.82) is 0 Å². The van der Waals surface area contributed by atoms with Crippen LogP contribution in [0.3, 0.4) is 0 Å². The summed E-state index contributed by atoms with van der Waals surface area (Å²) in [5, 5.41) is 0. The predicted octanol–water partition coefficient (Wildman–Crippen LogP) is 3.92. The molecule has 0 aromatic heterocycles. The van der Waals surface area contributed by atoms with Crippen molar-refractivity contribution in [3.63, 3.8) is 0 Å². The van der Waals surface area contributed by atoms with E-state index in [0.717, 1.165) is 18.2 Å². The molecule has 0 spiro atoms. The number of nitrogens with two attached hydrogens (primary N) is 1. The molecule has 21 heavy (non-hydrogen) atoms. The second kappa shape index (κ2) is 7.35. The van der Waals surface area contributed by atoms with Gasteiger partial charge in [0, 0.05) is 30.1 Å². The van der Waals surface area contributed by atoms with E-state index in [1.54, 1.807) is 11.8 Å². The Labute approximate surface area is 132 Å². The maximum absolute atomic E-state index is 13.0. The Morgan fingerprint density at radius 3 is 2.48 bits per heavy atom. The lowest BCUT2D eigenvalue weighted by atomic mass is 10.0. The first-order valence-corrected chi connectivity index (χ1v) is 8.25. The number of thioether (sulfide) groups is 1. The maximum Gasteiger partial charge on any atom is 0.417 e. The molecular formula is C14H19F3N2S2. The summed E-state index contributed by atoms with van der Waals surface area (Å²) >= 11 is 6.47. The highest BCUT2D eigenvalue weighted by Crippen LogP contribution is 2.34. The fourth-order valence-electron chi connectivity index (χ4n) is 2.11. The number of hydrogen-bond donors (Lipinski definition) is 1. The molecule has 1 aromatic carbocycles. The van der Waals surface area contributed by atoms with Crippen LogP contribution in [0.15, 0.2) is 18.2 Å². The minimum atomic E-state index is -4.46. The van der Waals surface area contributed by atoms with E-state index < -0.39 is 11.7 Å². The lowest BCUT2D eigenvalue weighted by Crippen LogP contribution is -2.33. The molecule has 1 aromatic rings. The third kappa shape index (κ3) is 4.51. The molecule has 0 amide bonds. The van der Waals surface area contributed by atoms with Crippen LogP contribution in [0.2, 0.25) is 0 Å².